The minimum Gasteiger partial charge on any atom is -0.285 e. The van der Waals surface area contributed by atoms with Crippen molar-refractivity contribution in [2.24, 2.45) is 11.3 Å². The van der Waals surface area contributed by atoms with Gasteiger partial charge in [-0.25, -0.2) is 0 Å². The van der Waals surface area contributed by atoms with Crippen molar-refractivity contribution < 1.29 is 0 Å². The predicted octanol–water partition coefficient (Wildman–Crippen LogP) is 3.54. The molecule has 0 amide bonds. The first-order valence-electron chi connectivity index (χ1n) is 6.43. The fourth-order valence-corrected chi connectivity index (χ4v) is 2.87. The van der Waals surface area contributed by atoms with Crippen molar-refractivity contribution in [3.05, 3.63) is 0 Å². The Morgan fingerprint density at radius 3 is 2.12 bits per heavy atom. The van der Waals surface area contributed by atoms with Crippen LogP contribution in [0.4, 0.5) is 0 Å². The SMILES string of the molecule is C#CC(C)(C)N1CCC(C(C)(C)C)CC1C. The highest BCUT2D eigenvalue weighted by atomic mass is 15.2. The summed E-state index contributed by atoms with van der Waals surface area (Å²) in [7, 11) is 0. The molecule has 1 saturated heterocycles. The minimum atomic E-state index is -0.0950. The summed E-state index contributed by atoms with van der Waals surface area (Å²) in [6, 6.07) is 0.601. The monoisotopic (exact) mass is 221 g/mol. The molecular formula is C15H27N. The molecule has 1 heteroatoms. The van der Waals surface area contributed by atoms with Gasteiger partial charge in [-0.2, -0.15) is 0 Å². The van der Waals surface area contributed by atoms with Gasteiger partial charge in [0.1, 0.15) is 0 Å². The Hall–Kier alpha value is -0.480. The molecule has 0 aliphatic carbocycles. The van der Waals surface area contributed by atoms with Gasteiger partial charge in [0.25, 0.3) is 0 Å². The van der Waals surface area contributed by atoms with Crippen LogP contribution in [-0.2, 0) is 0 Å². The first-order chi connectivity index (χ1) is 7.18. The maximum absolute atomic E-state index is 5.63. The van der Waals surface area contributed by atoms with Crippen molar-refractivity contribution in [3.63, 3.8) is 0 Å². The van der Waals surface area contributed by atoms with Crippen LogP contribution < -0.4 is 0 Å². The zero-order valence-corrected chi connectivity index (χ0v) is 11.8. The van der Waals surface area contributed by atoms with Crippen LogP contribution in [0.25, 0.3) is 0 Å². The van der Waals surface area contributed by atoms with Crippen molar-refractivity contribution in [1.29, 1.82) is 0 Å². The molecule has 16 heavy (non-hydrogen) atoms. The van der Waals surface area contributed by atoms with Crippen molar-refractivity contribution in [1.82, 2.24) is 4.90 Å². The van der Waals surface area contributed by atoms with E-state index in [0.717, 1.165) is 12.5 Å². The van der Waals surface area contributed by atoms with Gasteiger partial charge >= 0.3 is 0 Å². The van der Waals surface area contributed by atoms with E-state index in [1.165, 1.54) is 12.8 Å². The van der Waals surface area contributed by atoms with E-state index in [1.54, 1.807) is 0 Å². The van der Waals surface area contributed by atoms with Crippen molar-refractivity contribution in [2.45, 2.75) is 66.0 Å². The molecule has 0 spiro atoms. The molecule has 0 bridgehead atoms. The summed E-state index contributed by atoms with van der Waals surface area (Å²) in [6.45, 7) is 14.8. The lowest BCUT2D eigenvalue weighted by atomic mass is 9.72. The van der Waals surface area contributed by atoms with Crippen LogP contribution in [0.5, 0.6) is 0 Å². The highest BCUT2D eigenvalue weighted by molar-refractivity contribution is 5.10. The molecule has 1 rings (SSSR count). The lowest BCUT2D eigenvalue weighted by molar-refractivity contribution is 0.0266. The van der Waals surface area contributed by atoms with Crippen LogP contribution in [0, 0.1) is 23.7 Å². The highest BCUT2D eigenvalue weighted by Crippen LogP contribution is 2.38. The molecule has 0 N–H and O–H groups in total. The molecule has 2 unspecified atom stereocenters. The number of likely N-dealkylation sites (tertiary alicyclic amines) is 1. The maximum atomic E-state index is 5.63. The maximum Gasteiger partial charge on any atom is 0.0768 e. The normalized spacial score (nSPS) is 28.8. The predicted molar refractivity (Wildman–Crippen MR) is 71.3 cm³/mol. The average Bonchev–Trinajstić information content (AvgIpc) is 2.16. The van der Waals surface area contributed by atoms with Crippen molar-refractivity contribution in [2.75, 3.05) is 6.54 Å². The van der Waals surface area contributed by atoms with Crippen LogP contribution in [-0.4, -0.2) is 23.0 Å². The lowest BCUT2D eigenvalue weighted by Gasteiger charge is -2.47. The summed E-state index contributed by atoms with van der Waals surface area (Å²) >= 11 is 0. The van der Waals surface area contributed by atoms with Crippen LogP contribution in [0.2, 0.25) is 0 Å². The summed E-state index contributed by atoms with van der Waals surface area (Å²) in [5, 5.41) is 0. The van der Waals surface area contributed by atoms with Gasteiger partial charge in [0.2, 0.25) is 0 Å². The standard InChI is InChI=1S/C15H27N/c1-8-15(6,7)16-10-9-13(11-12(16)2)14(3,4)5/h1,12-13H,9-11H2,2-7H3. The van der Waals surface area contributed by atoms with E-state index >= 15 is 0 Å². The second-order valence-corrected chi connectivity index (χ2v) is 6.83. The Kier molecular flexibility index (Phi) is 3.75. The molecule has 0 radical (unpaired) electrons. The van der Waals surface area contributed by atoms with Gasteiger partial charge in [-0.05, 0) is 44.9 Å². The van der Waals surface area contributed by atoms with Gasteiger partial charge in [-0.3, -0.25) is 4.90 Å². The Morgan fingerprint density at radius 2 is 1.75 bits per heavy atom. The number of piperidine rings is 1. The first kappa shape index (κ1) is 13.6. The van der Waals surface area contributed by atoms with Crippen LogP contribution in [0.1, 0.15) is 54.4 Å². The van der Waals surface area contributed by atoms with Gasteiger partial charge < -0.3 is 0 Å². The summed E-state index contributed by atoms with van der Waals surface area (Å²) in [5.74, 6) is 3.75. The molecule has 1 heterocycles. The van der Waals surface area contributed by atoms with Gasteiger partial charge in [-0.1, -0.05) is 26.7 Å². The zero-order valence-electron chi connectivity index (χ0n) is 11.8. The van der Waals surface area contributed by atoms with Crippen molar-refractivity contribution in [3.8, 4) is 12.3 Å². The summed E-state index contributed by atoms with van der Waals surface area (Å²) in [5.41, 5.74) is 0.336. The first-order valence-corrected chi connectivity index (χ1v) is 6.43. The van der Waals surface area contributed by atoms with E-state index < -0.39 is 0 Å². The number of hydrogen-bond acceptors (Lipinski definition) is 1. The molecule has 2 atom stereocenters. The van der Waals surface area contributed by atoms with Crippen LogP contribution in [0.15, 0.2) is 0 Å². The zero-order chi connectivity index (χ0) is 12.6. The largest absolute Gasteiger partial charge is 0.285 e. The lowest BCUT2D eigenvalue weighted by Crippen LogP contribution is -2.53. The summed E-state index contributed by atoms with van der Waals surface area (Å²) < 4.78 is 0. The minimum absolute atomic E-state index is 0.0950. The number of rotatable bonds is 1. The molecule has 0 aromatic rings. The molecule has 1 aliphatic heterocycles. The summed E-state index contributed by atoms with van der Waals surface area (Å²) in [4.78, 5) is 2.48. The quantitative estimate of drug-likeness (QED) is 0.612. The van der Waals surface area contributed by atoms with E-state index in [9.17, 15) is 0 Å². The number of terminal acetylenes is 1. The molecule has 1 aliphatic rings. The number of nitrogens with zero attached hydrogens (tertiary/aromatic N) is 1. The van der Waals surface area contributed by atoms with E-state index in [4.69, 9.17) is 6.42 Å². The third-order valence-corrected chi connectivity index (χ3v) is 4.17. The Labute approximate surface area is 102 Å². The fraction of sp³-hybridized carbons (Fsp3) is 0.867. The van der Waals surface area contributed by atoms with E-state index in [0.29, 0.717) is 11.5 Å². The molecule has 92 valence electrons. The molecule has 1 nitrogen and oxygen atoms in total. The Bertz CT molecular complexity index is 277. The van der Waals surface area contributed by atoms with Crippen molar-refractivity contribution >= 4 is 0 Å². The molecule has 0 aromatic carbocycles. The number of hydrogen-bond donors (Lipinski definition) is 0. The van der Waals surface area contributed by atoms with Crippen LogP contribution >= 0.6 is 0 Å². The highest BCUT2D eigenvalue weighted by Gasteiger charge is 2.37. The Balaban J connectivity index is 2.71. The van der Waals surface area contributed by atoms with Gasteiger partial charge in [0.15, 0.2) is 0 Å². The third kappa shape index (κ3) is 2.80. The third-order valence-electron chi connectivity index (χ3n) is 4.17. The second-order valence-electron chi connectivity index (χ2n) is 6.83. The molecule has 0 saturated carbocycles. The molecule has 1 fully saturated rings. The fourth-order valence-electron chi connectivity index (χ4n) is 2.87. The average molecular weight is 221 g/mol. The van der Waals surface area contributed by atoms with E-state index in [-0.39, 0.29) is 5.54 Å². The topological polar surface area (TPSA) is 3.24 Å². The smallest absolute Gasteiger partial charge is 0.0768 e. The van der Waals surface area contributed by atoms with E-state index in [1.807, 2.05) is 0 Å². The van der Waals surface area contributed by atoms with Gasteiger partial charge in [-0.15, -0.1) is 6.42 Å². The second kappa shape index (κ2) is 4.41. The van der Waals surface area contributed by atoms with Gasteiger partial charge in [0.05, 0.1) is 5.54 Å². The van der Waals surface area contributed by atoms with E-state index in [2.05, 4.69) is 52.4 Å². The molecular weight excluding hydrogens is 194 g/mol. The summed E-state index contributed by atoms with van der Waals surface area (Å²) in [6.07, 6.45) is 8.18. The Morgan fingerprint density at radius 1 is 1.19 bits per heavy atom. The van der Waals surface area contributed by atoms with Crippen LogP contribution in [0.3, 0.4) is 0 Å². The molecule has 0 aromatic heterocycles. The van der Waals surface area contributed by atoms with Gasteiger partial charge in [0, 0.05) is 12.6 Å².